The minimum Gasteiger partial charge on any atom is -0.481 e. The van der Waals surface area contributed by atoms with Crippen LogP contribution in [0, 0.1) is 5.92 Å². The highest BCUT2D eigenvalue weighted by Crippen LogP contribution is 2.30. The van der Waals surface area contributed by atoms with Crippen LogP contribution in [-0.4, -0.2) is 41.6 Å². The Kier molecular flexibility index (Phi) is 3.92. The van der Waals surface area contributed by atoms with Crippen LogP contribution in [-0.2, 0) is 20.7 Å². The predicted molar refractivity (Wildman–Crippen MR) is 75.8 cm³/mol. The average molecular weight is 289 g/mol. The van der Waals surface area contributed by atoms with E-state index in [4.69, 9.17) is 9.84 Å². The zero-order valence-corrected chi connectivity index (χ0v) is 11.8. The van der Waals surface area contributed by atoms with Gasteiger partial charge in [-0.3, -0.25) is 9.59 Å². The van der Waals surface area contributed by atoms with E-state index in [-0.39, 0.29) is 12.5 Å². The third-order valence-electron chi connectivity index (χ3n) is 4.30. The number of carbonyl (C=O) groups excluding carboxylic acids is 1. The van der Waals surface area contributed by atoms with Gasteiger partial charge in [-0.05, 0) is 30.4 Å². The van der Waals surface area contributed by atoms with Gasteiger partial charge < -0.3 is 14.7 Å². The van der Waals surface area contributed by atoms with E-state index in [2.05, 4.69) is 0 Å². The number of carboxylic acid groups (broad SMARTS) is 1. The van der Waals surface area contributed by atoms with Gasteiger partial charge in [-0.15, -0.1) is 0 Å². The van der Waals surface area contributed by atoms with Gasteiger partial charge in [0.25, 0.3) is 5.91 Å². The second kappa shape index (κ2) is 5.85. The molecule has 5 heteroatoms. The molecule has 0 radical (unpaired) electrons. The Balaban J connectivity index is 1.78. The lowest BCUT2D eigenvalue weighted by Crippen LogP contribution is -2.45. The molecule has 2 aliphatic heterocycles. The summed E-state index contributed by atoms with van der Waals surface area (Å²) in [5, 5.41) is 9.14. The number of carboxylic acids is 1. The third kappa shape index (κ3) is 2.78. The standard InChI is InChI=1S/C16H19NO4/c18-15(17-8-3-5-12(10-17)16(19)20)14-13-6-2-1-4-11(13)7-9-21-14/h1-2,4,6,12,14H,3,5,7-10H2,(H,19,20)/t12-,14+/m1/s1. The molecule has 5 nitrogen and oxygen atoms in total. The number of aliphatic carboxylic acids is 1. The number of rotatable bonds is 2. The van der Waals surface area contributed by atoms with Crippen LogP contribution in [0.4, 0.5) is 0 Å². The molecule has 1 saturated heterocycles. The van der Waals surface area contributed by atoms with Gasteiger partial charge in [0.15, 0.2) is 6.10 Å². The number of ether oxygens (including phenoxy) is 1. The SMILES string of the molecule is O=C(O)[C@@H]1CCCN(C(=O)[C@H]2OCCc3ccccc32)C1. The Morgan fingerprint density at radius 1 is 1.29 bits per heavy atom. The Bertz CT molecular complexity index is 557. The maximum atomic E-state index is 12.7. The smallest absolute Gasteiger partial charge is 0.308 e. The van der Waals surface area contributed by atoms with Crippen molar-refractivity contribution in [2.75, 3.05) is 19.7 Å². The van der Waals surface area contributed by atoms with Crippen LogP contribution in [0.25, 0.3) is 0 Å². The van der Waals surface area contributed by atoms with Crippen LogP contribution in [0.15, 0.2) is 24.3 Å². The van der Waals surface area contributed by atoms with Crippen LogP contribution in [0.2, 0.25) is 0 Å². The van der Waals surface area contributed by atoms with E-state index in [1.54, 1.807) is 4.90 Å². The van der Waals surface area contributed by atoms with Crippen LogP contribution < -0.4 is 0 Å². The molecule has 0 saturated carbocycles. The second-order valence-electron chi connectivity index (χ2n) is 5.66. The largest absolute Gasteiger partial charge is 0.481 e. The molecule has 0 aliphatic carbocycles. The number of carbonyl (C=O) groups is 2. The molecule has 1 aromatic carbocycles. The molecule has 1 amide bonds. The van der Waals surface area contributed by atoms with Crippen LogP contribution in [0.5, 0.6) is 0 Å². The fraction of sp³-hybridized carbons (Fsp3) is 0.500. The summed E-state index contributed by atoms with van der Waals surface area (Å²) in [7, 11) is 0. The van der Waals surface area contributed by atoms with Gasteiger partial charge in [0.1, 0.15) is 0 Å². The Labute approximate surface area is 123 Å². The molecule has 112 valence electrons. The molecule has 1 N–H and O–H groups in total. The zero-order valence-electron chi connectivity index (χ0n) is 11.8. The van der Waals surface area contributed by atoms with E-state index in [9.17, 15) is 9.59 Å². The van der Waals surface area contributed by atoms with E-state index < -0.39 is 18.0 Å². The van der Waals surface area contributed by atoms with Crippen molar-refractivity contribution in [3.63, 3.8) is 0 Å². The third-order valence-corrected chi connectivity index (χ3v) is 4.30. The number of likely N-dealkylation sites (tertiary alicyclic amines) is 1. The van der Waals surface area contributed by atoms with Crippen molar-refractivity contribution >= 4 is 11.9 Å². The second-order valence-corrected chi connectivity index (χ2v) is 5.66. The maximum absolute atomic E-state index is 12.7. The van der Waals surface area contributed by atoms with Crippen molar-refractivity contribution in [2.24, 2.45) is 5.92 Å². The molecular formula is C16H19NO4. The van der Waals surface area contributed by atoms with E-state index in [1.165, 1.54) is 0 Å². The Morgan fingerprint density at radius 2 is 2.10 bits per heavy atom. The first kappa shape index (κ1) is 14.1. The van der Waals surface area contributed by atoms with Crippen molar-refractivity contribution in [1.82, 2.24) is 4.90 Å². The lowest BCUT2D eigenvalue weighted by molar-refractivity contribution is -0.151. The first-order chi connectivity index (χ1) is 10.2. The summed E-state index contributed by atoms with van der Waals surface area (Å²) in [6.45, 7) is 1.43. The minimum atomic E-state index is -0.822. The van der Waals surface area contributed by atoms with Gasteiger partial charge in [-0.1, -0.05) is 24.3 Å². The monoisotopic (exact) mass is 289 g/mol. The highest BCUT2D eigenvalue weighted by Gasteiger charge is 2.34. The molecule has 21 heavy (non-hydrogen) atoms. The lowest BCUT2D eigenvalue weighted by Gasteiger charge is -2.35. The first-order valence-electron chi connectivity index (χ1n) is 7.38. The topological polar surface area (TPSA) is 66.8 Å². The van der Waals surface area contributed by atoms with Gasteiger partial charge in [0.2, 0.25) is 0 Å². The number of benzene rings is 1. The van der Waals surface area contributed by atoms with Gasteiger partial charge in [0.05, 0.1) is 12.5 Å². The first-order valence-corrected chi connectivity index (χ1v) is 7.38. The molecule has 0 aromatic heterocycles. The van der Waals surface area contributed by atoms with Gasteiger partial charge in [-0.2, -0.15) is 0 Å². The summed E-state index contributed by atoms with van der Waals surface area (Å²) in [6.07, 6.45) is 1.61. The van der Waals surface area contributed by atoms with Crippen molar-refractivity contribution < 1.29 is 19.4 Å². The summed E-state index contributed by atoms with van der Waals surface area (Å²) >= 11 is 0. The molecule has 0 bridgehead atoms. The lowest BCUT2D eigenvalue weighted by atomic mass is 9.94. The maximum Gasteiger partial charge on any atom is 0.308 e. The zero-order chi connectivity index (χ0) is 14.8. The average Bonchev–Trinajstić information content (AvgIpc) is 2.53. The van der Waals surface area contributed by atoms with Crippen LogP contribution >= 0.6 is 0 Å². The number of nitrogens with zero attached hydrogens (tertiary/aromatic N) is 1. The summed E-state index contributed by atoms with van der Waals surface area (Å²) < 4.78 is 5.68. The van der Waals surface area contributed by atoms with Crippen molar-refractivity contribution in [1.29, 1.82) is 0 Å². The van der Waals surface area contributed by atoms with E-state index in [0.717, 1.165) is 24.0 Å². The summed E-state index contributed by atoms with van der Waals surface area (Å²) in [5.41, 5.74) is 2.07. The number of hydrogen-bond donors (Lipinski definition) is 1. The molecular weight excluding hydrogens is 270 g/mol. The number of fused-ring (bicyclic) bond motifs is 1. The van der Waals surface area contributed by atoms with Crippen molar-refractivity contribution in [3.8, 4) is 0 Å². The minimum absolute atomic E-state index is 0.104. The summed E-state index contributed by atoms with van der Waals surface area (Å²) in [5.74, 6) is -1.38. The summed E-state index contributed by atoms with van der Waals surface area (Å²) in [6, 6.07) is 7.82. The number of piperidine rings is 1. The van der Waals surface area contributed by atoms with Gasteiger partial charge in [0, 0.05) is 13.1 Å². The predicted octanol–water partition coefficient (Wildman–Crippen LogP) is 1.62. The molecule has 2 atom stereocenters. The quantitative estimate of drug-likeness (QED) is 0.898. The van der Waals surface area contributed by atoms with Crippen molar-refractivity contribution in [2.45, 2.75) is 25.4 Å². The Morgan fingerprint density at radius 3 is 2.90 bits per heavy atom. The molecule has 3 rings (SSSR count). The van der Waals surface area contributed by atoms with Gasteiger partial charge >= 0.3 is 5.97 Å². The highest BCUT2D eigenvalue weighted by atomic mass is 16.5. The van der Waals surface area contributed by atoms with E-state index in [1.807, 2.05) is 24.3 Å². The molecule has 2 aliphatic rings. The fourth-order valence-corrected chi connectivity index (χ4v) is 3.14. The van der Waals surface area contributed by atoms with E-state index >= 15 is 0 Å². The molecule has 0 spiro atoms. The number of hydrogen-bond acceptors (Lipinski definition) is 3. The normalized spacial score (nSPS) is 25.2. The molecule has 1 fully saturated rings. The van der Waals surface area contributed by atoms with Crippen LogP contribution in [0.1, 0.15) is 30.1 Å². The molecule has 0 unspecified atom stereocenters. The highest BCUT2D eigenvalue weighted by molar-refractivity contribution is 5.84. The van der Waals surface area contributed by atoms with Gasteiger partial charge in [-0.25, -0.2) is 0 Å². The summed E-state index contributed by atoms with van der Waals surface area (Å²) in [4.78, 5) is 25.5. The van der Waals surface area contributed by atoms with E-state index in [0.29, 0.717) is 19.6 Å². The van der Waals surface area contributed by atoms with Crippen molar-refractivity contribution in [3.05, 3.63) is 35.4 Å². The molecule has 2 heterocycles. The molecule has 1 aromatic rings. The fourth-order valence-electron chi connectivity index (χ4n) is 3.14. The number of amides is 1. The Hall–Kier alpha value is -1.88. The van der Waals surface area contributed by atoms with Crippen LogP contribution in [0.3, 0.4) is 0 Å².